The molecule has 2 aromatic carbocycles. The Morgan fingerprint density at radius 3 is 2.28 bits per heavy atom. The highest BCUT2D eigenvalue weighted by molar-refractivity contribution is 7.07. The van der Waals surface area contributed by atoms with Gasteiger partial charge in [0.25, 0.3) is 0 Å². The molecule has 2 aromatic rings. The minimum atomic E-state index is -1.57. The van der Waals surface area contributed by atoms with Gasteiger partial charge in [-0.15, -0.1) is 0 Å². The van der Waals surface area contributed by atoms with Crippen LogP contribution in [0.25, 0.3) is 16.3 Å². The summed E-state index contributed by atoms with van der Waals surface area (Å²) in [6.07, 6.45) is 6.31. The first kappa shape index (κ1) is 16.8. The average molecular weight is 346 g/mol. The van der Waals surface area contributed by atoms with Gasteiger partial charge < -0.3 is 0 Å². The Bertz CT molecular complexity index is 850. The monoisotopic (exact) mass is 345 g/mol. The van der Waals surface area contributed by atoms with Gasteiger partial charge in [0.05, 0.1) is 0 Å². The van der Waals surface area contributed by atoms with Crippen LogP contribution in [0.4, 0.5) is 0 Å². The summed E-state index contributed by atoms with van der Waals surface area (Å²) in [4.78, 5) is 0. The molecular formula is C24H29Si. The van der Waals surface area contributed by atoms with Crippen LogP contribution in [0.3, 0.4) is 0 Å². The predicted octanol–water partition coefficient (Wildman–Crippen LogP) is 6.45. The van der Waals surface area contributed by atoms with Gasteiger partial charge in [-0.2, -0.15) is 0 Å². The topological polar surface area (TPSA) is 0 Å². The molecule has 0 N–H and O–H groups in total. The van der Waals surface area contributed by atoms with Crippen molar-refractivity contribution in [3.8, 4) is 11.1 Å². The molecule has 25 heavy (non-hydrogen) atoms. The standard InChI is InChI=1S/C24H29Si/c1-6-7-8-20-15-19-13-14-21-22(23(19)24(20)25(21,4)5)18-11-9-17(10-12-18)16(2)3/h9-16H,6-8H2,1-5H3. The van der Waals surface area contributed by atoms with E-state index in [2.05, 4.69) is 76.7 Å². The van der Waals surface area contributed by atoms with E-state index in [1.807, 2.05) is 0 Å². The highest BCUT2D eigenvalue weighted by Crippen LogP contribution is 2.50. The Labute approximate surface area is 154 Å². The van der Waals surface area contributed by atoms with Crippen LogP contribution in [0.15, 0.2) is 42.0 Å². The molecule has 2 aliphatic rings. The van der Waals surface area contributed by atoms with Crippen molar-refractivity contribution in [3.63, 3.8) is 0 Å². The van der Waals surface area contributed by atoms with Gasteiger partial charge in [-0.3, -0.25) is 0 Å². The van der Waals surface area contributed by atoms with Gasteiger partial charge in [0, 0.05) is 6.42 Å². The van der Waals surface area contributed by atoms with Crippen molar-refractivity contribution < 1.29 is 0 Å². The molecule has 0 amide bonds. The normalized spacial score (nSPS) is 17.0. The second kappa shape index (κ2) is 5.98. The van der Waals surface area contributed by atoms with E-state index in [1.54, 1.807) is 27.1 Å². The Kier molecular flexibility index (Phi) is 4.03. The summed E-state index contributed by atoms with van der Waals surface area (Å²) in [6, 6.07) is 14.2. The van der Waals surface area contributed by atoms with Crippen LogP contribution >= 0.6 is 0 Å². The van der Waals surface area contributed by atoms with Crippen LogP contribution < -0.4 is 5.19 Å². The van der Waals surface area contributed by atoms with Crippen LogP contribution in [0.2, 0.25) is 13.1 Å². The summed E-state index contributed by atoms with van der Waals surface area (Å²) in [5, 5.41) is 3.37. The first-order valence-corrected chi connectivity index (χ1v) is 12.8. The molecule has 1 aliphatic heterocycles. The summed E-state index contributed by atoms with van der Waals surface area (Å²) in [6.45, 7) is 11.9. The van der Waals surface area contributed by atoms with E-state index in [0.717, 1.165) is 0 Å². The second-order valence-electron chi connectivity index (χ2n) is 8.50. The molecule has 0 aromatic heterocycles. The van der Waals surface area contributed by atoms with Crippen molar-refractivity contribution >= 4 is 18.5 Å². The molecule has 0 nitrogen and oxygen atoms in total. The molecule has 1 heterocycles. The molecule has 1 heteroatoms. The third-order valence-corrected chi connectivity index (χ3v) is 9.69. The van der Waals surface area contributed by atoms with Crippen LogP contribution in [0, 0.1) is 6.42 Å². The maximum atomic E-state index is 2.55. The lowest BCUT2D eigenvalue weighted by Gasteiger charge is -2.22. The maximum Gasteiger partial charge on any atom is 0.113 e. The summed E-state index contributed by atoms with van der Waals surface area (Å²) >= 11 is 0. The lowest BCUT2D eigenvalue weighted by molar-refractivity contribution is 0.796. The second-order valence-corrected chi connectivity index (χ2v) is 12.8. The SMILES string of the molecule is CCCCC1=C2c3c(ccc(c3-c3ccc(C(C)C)cc3)[Si]2(C)C)[CH]1. The number of benzene rings is 2. The summed E-state index contributed by atoms with van der Waals surface area (Å²) < 4.78 is 0. The first-order chi connectivity index (χ1) is 11.9. The van der Waals surface area contributed by atoms with E-state index in [-0.39, 0.29) is 0 Å². The summed E-state index contributed by atoms with van der Waals surface area (Å²) in [7, 11) is -1.57. The molecule has 0 saturated heterocycles. The van der Waals surface area contributed by atoms with E-state index >= 15 is 0 Å². The van der Waals surface area contributed by atoms with E-state index in [9.17, 15) is 0 Å². The number of rotatable bonds is 5. The third-order valence-electron chi connectivity index (χ3n) is 6.10. The van der Waals surface area contributed by atoms with Crippen molar-refractivity contribution in [1.29, 1.82) is 0 Å². The molecular weight excluding hydrogens is 316 g/mol. The molecule has 2 bridgehead atoms. The van der Waals surface area contributed by atoms with Crippen molar-refractivity contribution in [1.82, 2.24) is 0 Å². The number of fused-ring (bicyclic) bond motifs is 1. The highest BCUT2D eigenvalue weighted by Gasteiger charge is 2.45. The van der Waals surface area contributed by atoms with Gasteiger partial charge >= 0.3 is 0 Å². The van der Waals surface area contributed by atoms with E-state index in [4.69, 9.17) is 0 Å². The van der Waals surface area contributed by atoms with Gasteiger partial charge in [0.1, 0.15) is 8.07 Å². The fourth-order valence-electron chi connectivity index (χ4n) is 4.70. The van der Waals surface area contributed by atoms with Crippen molar-refractivity contribution in [2.45, 2.75) is 59.0 Å². The molecule has 0 unspecified atom stereocenters. The Morgan fingerprint density at radius 1 is 0.920 bits per heavy atom. The van der Waals surface area contributed by atoms with Crippen LogP contribution in [0.5, 0.6) is 0 Å². The van der Waals surface area contributed by atoms with Gasteiger partial charge in [-0.25, -0.2) is 0 Å². The molecule has 0 spiro atoms. The van der Waals surface area contributed by atoms with Crippen LogP contribution in [-0.2, 0) is 0 Å². The number of allylic oxidation sites excluding steroid dienone is 1. The number of hydrogen-bond acceptors (Lipinski definition) is 0. The van der Waals surface area contributed by atoms with Crippen LogP contribution in [-0.4, -0.2) is 8.07 Å². The molecule has 4 rings (SSSR count). The van der Waals surface area contributed by atoms with E-state index < -0.39 is 8.07 Å². The average Bonchev–Trinajstić information content (AvgIpc) is 3.04. The largest absolute Gasteiger partial charge is 0.113 e. The zero-order valence-corrected chi connectivity index (χ0v) is 17.2. The van der Waals surface area contributed by atoms with Gasteiger partial charge in [0.15, 0.2) is 0 Å². The van der Waals surface area contributed by atoms with E-state index in [1.165, 1.54) is 36.0 Å². The fraction of sp³-hybridized carbons (Fsp3) is 0.375. The van der Waals surface area contributed by atoms with Gasteiger partial charge in [-0.1, -0.05) is 82.3 Å². The quantitative estimate of drug-likeness (QED) is 0.546. The number of unbranched alkanes of at least 4 members (excludes halogenated alkanes) is 1. The summed E-state index contributed by atoms with van der Waals surface area (Å²) in [5.74, 6) is 0.593. The molecule has 1 radical (unpaired) electrons. The summed E-state index contributed by atoms with van der Waals surface area (Å²) in [5.41, 5.74) is 9.07. The van der Waals surface area contributed by atoms with Crippen molar-refractivity contribution in [2.24, 2.45) is 0 Å². The minimum absolute atomic E-state index is 0.593. The zero-order valence-electron chi connectivity index (χ0n) is 16.2. The smallest absolute Gasteiger partial charge is 0.0654 e. The Morgan fingerprint density at radius 2 is 1.64 bits per heavy atom. The molecule has 0 atom stereocenters. The number of hydrogen-bond donors (Lipinski definition) is 0. The lowest BCUT2D eigenvalue weighted by Crippen LogP contribution is -2.39. The lowest BCUT2D eigenvalue weighted by atomic mass is 9.94. The Hall–Kier alpha value is -1.60. The van der Waals surface area contributed by atoms with Crippen molar-refractivity contribution in [2.75, 3.05) is 0 Å². The van der Waals surface area contributed by atoms with Gasteiger partial charge in [0.2, 0.25) is 0 Å². The minimum Gasteiger partial charge on any atom is -0.0654 e. The highest BCUT2D eigenvalue weighted by atomic mass is 28.3. The molecule has 0 saturated carbocycles. The van der Waals surface area contributed by atoms with E-state index in [0.29, 0.717) is 5.92 Å². The Balaban J connectivity index is 1.87. The molecule has 1 aliphatic carbocycles. The van der Waals surface area contributed by atoms with Gasteiger partial charge in [-0.05, 0) is 57.0 Å². The zero-order chi connectivity index (χ0) is 17.8. The first-order valence-electron chi connectivity index (χ1n) is 9.81. The third kappa shape index (κ3) is 2.47. The van der Waals surface area contributed by atoms with Crippen molar-refractivity contribution in [3.05, 3.63) is 65.1 Å². The van der Waals surface area contributed by atoms with Crippen LogP contribution in [0.1, 0.15) is 62.6 Å². The maximum absolute atomic E-state index is 2.55. The molecule has 129 valence electrons. The predicted molar refractivity (Wildman–Crippen MR) is 113 cm³/mol. The molecule has 0 fully saturated rings. The fourth-order valence-corrected chi connectivity index (χ4v) is 8.26.